The van der Waals surface area contributed by atoms with Crippen molar-refractivity contribution >= 4 is 23.0 Å². The van der Waals surface area contributed by atoms with Crippen molar-refractivity contribution in [2.24, 2.45) is 11.7 Å². The van der Waals surface area contributed by atoms with E-state index in [0.29, 0.717) is 18.0 Å². The van der Waals surface area contributed by atoms with Gasteiger partial charge in [0.15, 0.2) is 0 Å². The number of nitrogens with two attached hydrogens (primary N) is 1. The third-order valence-electron chi connectivity index (χ3n) is 3.17. The summed E-state index contributed by atoms with van der Waals surface area (Å²) in [4.78, 5) is 10.4. The minimum absolute atomic E-state index is 0.286. The molecule has 2 atom stereocenters. The fourth-order valence-corrected chi connectivity index (χ4v) is 2.13. The van der Waals surface area contributed by atoms with Crippen molar-refractivity contribution in [3.8, 4) is 0 Å². The van der Waals surface area contributed by atoms with Gasteiger partial charge in [0.1, 0.15) is 17.1 Å². The molecule has 0 aromatic carbocycles. The zero-order chi connectivity index (χ0) is 12.4. The molecular formula is C11H16N4OS. The highest BCUT2D eigenvalue weighted by atomic mass is 32.1. The molecule has 0 radical (unpaired) electrons. The molecule has 1 aromatic rings. The van der Waals surface area contributed by atoms with E-state index in [1.54, 1.807) is 6.20 Å². The number of hydrogen-bond acceptors (Lipinski definition) is 5. The molecule has 0 bridgehead atoms. The lowest BCUT2D eigenvalue weighted by molar-refractivity contribution is 0.102. The van der Waals surface area contributed by atoms with Gasteiger partial charge in [-0.15, -0.1) is 0 Å². The first-order chi connectivity index (χ1) is 8.09. The molecular weight excluding hydrogens is 236 g/mol. The Hall–Kier alpha value is -1.27. The zero-order valence-corrected chi connectivity index (χ0v) is 10.5. The Balaban J connectivity index is 2.25. The first-order valence-electron chi connectivity index (χ1n) is 5.62. The summed E-state index contributed by atoms with van der Waals surface area (Å²) in [6.45, 7) is 3.47. The maximum atomic E-state index is 9.89. The van der Waals surface area contributed by atoms with E-state index in [2.05, 4.69) is 16.9 Å². The molecule has 2 unspecified atom stereocenters. The largest absolute Gasteiger partial charge is 0.391 e. The zero-order valence-electron chi connectivity index (χ0n) is 9.71. The van der Waals surface area contributed by atoms with E-state index in [1.807, 2.05) is 4.90 Å². The van der Waals surface area contributed by atoms with E-state index in [-0.39, 0.29) is 11.1 Å². The third kappa shape index (κ3) is 2.53. The molecule has 6 heteroatoms. The average molecular weight is 252 g/mol. The highest BCUT2D eigenvalue weighted by Gasteiger charge is 2.26. The first-order valence-corrected chi connectivity index (χ1v) is 6.03. The summed E-state index contributed by atoms with van der Waals surface area (Å²) in [5.74, 6) is 1.04. The number of aromatic nitrogens is 2. The van der Waals surface area contributed by atoms with E-state index < -0.39 is 0 Å². The van der Waals surface area contributed by atoms with Gasteiger partial charge in [0.05, 0.1) is 11.7 Å². The number of nitrogens with zero attached hydrogens (tertiary/aromatic N) is 3. The maximum absolute atomic E-state index is 9.89. The summed E-state index contributed by atoms with van der Waals surface area (Å²) in [5.41, 5.74) is 6.32. The van der Waals surface area contributed by atoms with Gasteiger partial charge in [-0.3, -0.25) is 0 Å². The van der Waals surface area contributed by atoms with Gasteiger partial charge in [0.2, 0.25) is 0 Å². The predicted octanol–water partition coefficient (Wildman–Crippen LogP) is 0.318. The lowest BCUT2D eigenvalue weighted by atomic mass is 9.96. The second-order valence-electron chi connectivity index (χ2n) is 4.40. The van der Waals surface area contributed by atoms with Crippen molar-refractivity contribution in [2.45, 2.75) is 19.4 Å². The fraction of sp³-hybridized carbons (Fsp3) is 0.545. The molecule has 2 heterocycles. The molecule has 3 N–H and O–H groups in total. The Bertz CT molecular complexity index is 426. The van der Waals surface area contributed by atoms with Crippen LogP contribution < -0.4 is 10.6 Å². The molecule has 0 spiro atoms. The van der Waals surface area contributed by atoms with Crippen molar-refractivity contribution in [2.75, 3.05) is 18.0 Å². The molecule has 1 fully saturated rings. The van der Waals surface area contributed by atoms with Gasteiger partial charge in [-0.1, -0.05) is 19.1 Å². The molecule has 0 aliphatic carbocycles. The molecule has 17 heavy (non-hydrogen) atoms. The Morgan fingerprint density at radius 1 is 1.65 bits per heavy atom. The summed E-state index contributed by atoms with van der Waals surface area (Å²) in [7, 11) is 0. The van der Waals surface area contributed by atoms with Crippen LogP contribution in [0.3, 0.4) is 0 Å². The predicted molar refractivity (Wildman–Crippen MR) is 69.9 cm³/mol. The van der Waals surface area contributed by atoms with Gasteiger partial charge in [0, 0.05) is 19.3 Å². The number of aliphatic hydroxyl groups excluding tert-OH is 1. The van der Waals surface area contributed by atoms with Gasteiger partial charge >= 0.3 is 0 Å². The maximum Gasteiger partial charge on any atom is 0.142 e. The fourth-order valence-electron chi connectivity index (χ4n) is 1.99. The van der Waals surface area contributed by atoms with E-state index in [1.165, 1.54) is 6.33 Å². The van der Waals surface area contributed by atoms with Crippen molar-refractivity contribution in [1.29, 1.82) is 0 Å². The normalized spacial score (nSPS) is 24.7. The summed E-state index contributed by atoms with van der Waals surface area (Å²) in [6, 6.07) is 0. The molecule has 1 aliphatic rings. The van der Waals surface area contributed by atoms with Gasteiger partial charge in [0.25, 0.3) is 0 Å². The highest BCUT2D eigenvalue weighted by Crippen LogP contribution is 2.23. The lowest BCUT2D eigenvalue weighted by Gasteiger charge is -2.35. The monoisotopic (exact) mass is 252 g/mol. The number of thiocarbonyl (C=S) groups is 1. The summed E-state index contributed by atoms with van der Waals surface area (Å²) in [6.07, 6.45) is 3.69. The van der Waals surface area contributed by atoms with Gasteiger partial charge < -0.3 is 15.7 Å². The van der Waals surface area contributed by atoms with Crippen molar-refractivity contribution < 1.29 is 5.11 Å². The first kappa shape index (κ1) is 12.2. The Morgan fingerprint density at radius 2 is 2.41 bits per heavy atom. The SMILES string of the molecule is CC1CCN(c2ncncc2C(N)=S)CC1O. The minimum atomic E-state index is -0.335. The van der Waals surface area contributed by atoms with Crippen molar-refractivity contribution in [3.05, 3.63) is 18.1 Å². The van der Waals surface area contributed by atoms with E-state index in [4.69, 9.17) is 18.0 Å². The molecule has 0 amide bonds. The van der Waals surface area contributed by atoms with Crippen LogP contribution in [0.1, 0.15) is 18.9 Å². The summed E-state index contributed by atoms with van der Waals surface area (Å²) < 4.78 is 0. The van der Waals surface area contributed by atoms with E-state index in [9.17, 15) is 5.11 Å². The molecule has 92 valence electrons. The van der Waals surface area contributed by atoms with Crippen LogP contribution in [0.5, 0.6) is 0 Å². The van der Waals surface area contributed by atoms with Crippen LogP contribution in [-0.4, -0.2) is 39.3 Å². The number of anilines is 1. The topological polar surface area (TPSA) is 75.3 Å². The number of β-amino-alcohol motifs (C(OH)–C–C–N with tert-alkyl or cyclic N) is 1. The number of rotatable bonds is 2. The van der Waals surface area contributed by atoms with Gasteiger partial charge in [-0.05, 0) is 12.3 Å². The Morgan fingerprint density at radius 3 is 3.06 bits per heavy atom. The van der Waals surface area contributed by atoms with Crippen LogP contribution >= 0.6 is 12.2 Å². The molecule has 0 saturated carbocycles. The average Bonchev–Trinajstić information content (AvgIpc) is 2.32. The van der Waals surface area contributed by atoms with Crippen LogP contribution in [-0.2, 0) is 0 Å². The smallest absolute Gasteiger partial charge is 0.142 e. The van der Waals surface area contributed by atoms with Crippen molar-refractivity contribution in [3.63, 3.8) is 0 Å². The summed E-state index contributed by atoms with van der Waals surface area (Å²) in [5, 5.41) is 9.89. The highest BCUT2D eigenvalue weighted by molar-refractivity contribution is 7.80. The third-order valence-corrected chi connectivity index (χ3v) is 3.39. The molecule has 2 rings (SSSR count). The van der Waals surface area contributed by atoms with Crippen molar-refractivity contribution in [1.82, 2.24) is 9.97 Å². The molecule has 5 nitrogen and oxygen atoms in total. The molecule has 1 aliphatic heterocycles. The quantitative estimate of drug-likeness (QED) is 0.738. The number of aliphatic hydroxyl groups is 1. The van der Waals surface area contributed by atoms with Crippen LogP contribution in [0.4, 0.5) is 5.82 Å². The second-order valence-corrected chi connectivity index (χ2v) is 4.84. The second kappa shape index (κ2) is 4.93. The van der Waals surface area contributed by atoms with Crippen LogP contribution in [0.25, 0.3) is 0 Å². The Labute approximate surface area is 106 Å². The minimum Gasteiger partial charge on any atom is -0.391 e. The van der Waals surface area contributed by atoms with Gasteiger partial charge in [-0.2, -0.15) is 0 Å². The molecule has 1 aromatic heterocycles. The van der Waals surface area contributed by atoms with Gasteiger partial charge in [-0.25, -0.2) is 9.97 Å². The lowest BCUT2D eigenvalue weighted by Crippen LogP contribution is -2.44. The summed E-state index contributed by atoms with van der Waals surface area (Å²) >= 11 is 4.98. The van der Waals surface area contributed by atoms with E-state index in [0.717, 1.165) is 18.8 Å². The van der Waals surface area contributed by atoms with Crippen LogP contribution in [0.15, 0.2) is 12.5 Å². The van der Waals surface area contributed by atoms with Crippen LogP contribution in [0, 0.1) is 5.92 Å². The standard InChI is InChI=1S/C11H16N4OS/c1-7-2-3-15(5-9(7)16)11-8(10(12)17)4-13-6-14-11/h4,6-7,9,16H,2-3,5H2,1H3,(H2,12,17). The Kier molecular flexibility index (Phi) is 3.54. The van der Waals surface area contributed by atoms with Crippen LogP contribution in [0.2, 0.25) is 0 Å². The number of piperidine rings is 1. The molecule has 1 saturated heterocycles. The van der Waals surface area contributed by atoms with E-state index >= 15 is 0 Å². The number of hydrogen-bond donors (Lipinski definition) is 2.